The second kappa shape index (κ2) is 12.2. The Morgan fingerprint density at radius 1 is 0.920 bits per heavy atom. The zero-order valence-electron chi connectivity index (χ0n) is 30.0. The normalized spacial score (nSPS) is 43.5. The summed E-state index contributed by atoms with van der Waals surface area (Å²) in [6.07, 6.45) is 5.77. The zero-order chi connectivity index (χ0) is 36.0. The van der Waals surface area contributed by atoms with E-state index in [1.54, 1.807) is 23.0 Å². The third-order valence-electron chi connectivity index (χ3n) is 15.0. The maximum Gasteiger partial charge on any atom is 0.335 e. The van der Waals surface area contributed by atoms with Crippen LogP contribution in [0.25, 0.3) is 5.69 Å². The maximum atomic E-state index is 12.3. The van der Waals surface area contributed by atoms with Crippen LogP contribution in [0.5, 0.6) is 0 Å². The number of fused-ring (bicyclic) bond motifs is 7. The van der Waals surface area contributed by atoms with Gasteiger partial charge in [-0.2, -0.15) is 0 Å². The lowest BCUT2D eigenvalue weighted by molar-refractivity contribution is -0.250. The summed E-state index contributed by atoms with van der Waals surface area (Å²) in [5.41, 5.74) is 0.232. The molecule has 274 valence electrons. The SMILES string of the molecule is CC1(C)CC2C3=CCC4[C@@](C)(CCC5[C@]4(C)CC[C@H](O)[C@]5(C)CO)C3C[C@@H](O)[C@@]2(COCc2cn(-c3ccc(C(=O)O)cc3)nn2)[C@@H](O)[C@@H]1O. The Balaban J connectivity index is 1.17. The summed E-state index contributed by atoms with van der Waals surface area (Å²) >= 11 is 0. The number of hydrogen-bond donors (Lipinski definition) is 6. The average molecular weight is 694 g/mol. The molecule has 11 heteroatoms. The van der Waals surface area contributed by atoms with Crippen LogP contribution in [0, 0.1) is 50.7 Å². The van der Waals surface area contributed by atoms with Gasteiger partial charge in [0.1, 0.15) is 5.69 Å². The molecule has 12 atom stereocenters. The summed E-state index contributed by atoms with van der Waals surface area (Å²) < 4.78 is 7.86. The van der Waals surface area contributed by atoms with Crippen molar-refractivity contribution in [1.82, 2.24) is 15.0 Å². The molecule has 11 nitrogen and oxygen atoms in total. The molecule has 7 rings (SSSR count). The Morgan fingerprint density at radius 3 is 2.30 bits per heavy atom. The van der Waals surface area contributed by atoms with Crippen molar-refractivity contribution >= 4 is 5.97 Å². The van der Waals surface area contributed by atoms with E-state index < -0.39 is 46.6 Å². The standard InChI is InChI=1S/C39H55N3O8/c1-35(2)17-27-25-10-11-28-36(3,14-12-29-37(28,4)15-13-30(44)38(29,5)20-43)26(25)16-31(45)39(27,33(47)32(35)46)21-50-19-23-18-42(41-40-23)24-8-6-22(7-9-24)34(48)49/h6-10,18,26-33,43-47H,11-17,19-21H2,1-5H3,(H,48,49)/t26?,27?,28?,29?,30-,31+,32-,33-,36-,37+,38+,39-/m0/s1. The highest BCUT2D eigenvalue weighted by Crippen LogP contribution is 2.72. The van der Waals surface area contributed by atoms with E-state index in [0.29, 0.717) is 36.6 Å². The molecular formula is C39H55N3O8. The van der Waals surface area contributed by atoms with E-state index in [0.717, 1.165) is 25.7 Å². The molecule has 6 N–H and O–H groups in total. The van der Waals surface area contributed by atoms with Crippen LogP contribution in [0.1, 0.15) is 95.6 Å². The largest absolute Gasteiger partial charge is 0.478 e. The van der Waals surface area contributed by atoms with Crippen LogP contribution >= 0.6 is 0 Å². The number of aliphatic hydroxyl groups is 5. The highest BCUT2D eigenvalue weighted by atomic mass is 16.5. The van der Waals surface area contributed by atoms with Crippen LogP contribution in [0.2, 0.25) is 0 Å². The molecular weight excluding hydrogens is 638 g/mol. The number of benzene rings is 1. The van der Waals surface area contributed by atoms with Gasteiger partial charge in [0.05, 0.1) is 67.1 Å². The monoisotopic (exact) mass is 693 g/mol. The fourth-order valence-electron chi connectivity index (χ4n) is 12.1. The van der Waals surface area contributed by atoms with Crippen molar-refractivity contribution in [3.8, 4) is 5.69 Å². The van der Waals surface area contributed by atoms with Gasteiger partial charge in [-0.15, -0.1) is 5.10 Å². The van der Waals surface area contributed by atoms with Crippen molar-refractivity contribution in [1.29, 1.82) is 0 Å². The van der Waals surface area contributed by atoms with E-state index in [4.69, 9.17) is 4.74 Å². The molecule has 50 heavy (non-hydrogen) atoms. The smallest absolute Gasteiger partial charge is 0.335 e. The summed E-state index contributed by atoms with van der Waals surface area (Å²) in [5, 5.41) is 75.0. The van der Waals surface area contributed by atoms with E-state index in [1.165, 1.54) is 17.7 Å². The van der Waals surface area contributed by atoms with Crippen molar-refractivity contribution in [3.63, 3.8) is 0 Å². The van der Waals surface area contributed by atoms with E-state index >= 15 is 0 Å². The van der Waals surface area contributed by atoms with Gasteiger partial charge in [0.25, 0.3) is 0 Å². The second-order valence-electron chi connectivity index (χ2n) is 17.9. The minimum atomic E-state index is -1.21. The molecule has 0 amide bonds. The first kappa shape index (κ1) is 35.7. The molecule has 4 unspecified atom stereocenters. The fourth-order valence-corrected chi connectivity index (χ4v) is 12.1. The highest BCUT2D eigenvalue weighted by Gasteiger charge is 2.69. The number of carboxylic acids is 1. The number of nitrogens with zero attached hydrogens (tertiary/aromatic N) is 3. The first-order valence-electron chi connectivity index (χ1n) is 18.4. The van der Waals surface area contributed by atoms with Gasteiger partial charge in [0, 0.05) is 5.41 Å². The molecule has 0 bridgehead atoms. The molecule has 4 fully saturated rings. The van der Waals surface area contributed by atoms with E-state index in [1.807, 2.05) is 13.8 Å². The van der Waals surface area contributed by atoms with Gasteiger partial charge < -0.3 is 35.4 Å². The molecule has 1 heterocycles. The Hall–Kier alpha value is -2.67. The lowest BCUT2D eigenvalue weighted by atomic mass is 9.36. The topological polar surface area (TPSA) is 178 Å². The molecule has 1 aromatic heterocycles. The molecule has 2 aromatic rings. The van der Waals surface area contributed by atoms with Gasteiger partial charge in [-0.1, -0.05) is 51.5 Å². The number of aromatic carboxylic acids is 1. The summed E-state index contributed by atoms with van der Waals surface area (Å²) in [4.78, 5) is 11.2. The molecule has 0 aliphatic heterocycles. The minimum absolute atomic E-state index is 0.0306. The van der Waals surface area contributed by atoms with E-state index in [9.17, 15) is 35.4 Å². The number of allylic oxidation sites excluding steroid dienone is 2. The molecule has 4 saturated carbocycles. The number of hydrogen-bond acceptors (Lipinski definition) is 9. The number of ether oxygens (including phenoxy) is 1. The highest BCUT2D eigenvalue weighted by molar-refractivity contribution is 5.87. The van der Waals surface area contributed by atoms with E-state index in [2.05, 4.69) is 37.2 Å². The van der Waals surface area contributed by atoms with Gasteiger partial charge in [-0.3, -0.25) is 0 Å². The third-order valence-corrected chi connectivity index (χ3v) is 15.0. The summed E-state index contributed by atoms with van der Waals surface area (Å²) in [5.74, 6) is -0.582. The van der Waals surface area contributed by atoms with Gasteiger partial charge in [0.15, 0.2) is 0 Å². The Morgan fingerprint density at radius 2 is 1.62 bits per heavy atom. The van der Waals surface area contributed by atoms with Gasteiger partial charge in [0.2, 0.25) is 0 Å². The van der Waals surface area contributed by atoms with Gasteiger partial charge >= 0.3 is 5.97 Å². The molecule has 0 saturated heterocycles. The van der Waals surface area contributed by atoms with Crippen LogP contribution < -0.4 is 0 Å². The quantitative estimate of drug-likeness (QED) is 0.231. The van der Waals surface area contributed by atoms with Crippen molar-refractivity contribution in [3.05, 3.63) is 53.4 Å². The first-order valence-corrected chi connectivity index (χ1v) is 18.4. The molecule has 1 aromatic carbocycles. The molecule has 5 aliphatic rings. The summed E-state index contributed by atoms with van der Waals surface area (Å²) in [7, 11) is 0. The number of aliphatic hydroxyl groups excluding tert-OH is 5. The van der Waals surface area contributed by atoms with Crippen molar-refractivity contribution < 1.29 is 40.2 Å². The van der Waals surface area contributed by atoms with Crippen LogP contribution in [0.15, 0.2) is 42.1 Å². The van der Waals surface area contributed by atoms with Crippen LogP contribution in [-0.2, 0) is 11.3 Å². The lowest BCUT2D eigenvalue weighted by Crippen LogP contribution is -2.69. The number of carbonyl (C=O) groups is 1. The van der Waals surface area contributed by atoms with Crippen LogP contribution in [-0.4, -0.2) is 89.2 Å². The predicted octanol–water partition coefficient (Wildman–Crippen LogP) is 4.14. The molecule has 0 radical (unpaired) electrons. The maximum absolute atomic E-state index is 12.3. The number of carboxylic acid groups (broad SMARTS) is 1. The summed E-state index contributed by atoms with van der Waals surface area (Å²) in [6.45, 7) is 10.9. The molecule has 5 aliphatic carbocycles. The minimum Gasteiger partial charge on any atom is -0.478 e. The number of rotatable bonds is 7. The first-order chi connectivity index (χ1) is 23.5. The van der Waals surface area contributed by atoms with Gasteiger partial charge in [-0.05, 0) is 109 Å². The van der Waals surface area contributed by atoms with Crippen molar-refractivity contribution in [2.45, 2.75) is 111 Å². The third kappa shape index (κ3) is 5.09. The van der Waals surface area contributed by atoms with Crippen molar-refractivity contribution in [2.75, 3.05) is 13.2 Å². The number of aromatic nitrogens is 3. The average Bonchev–Trinajstić information content (AvgIpc) is 3.55. The Kier molecular flexibility index (Phi) is 8.72. The van der Waals surface area contributed by atoms with Crippen LogP contribution in [0.4, 0.5) is 0 Å². The second-order valence-corrected chi connectivity index (χ2v) is 17.9. The van der Waals surface area contributed by atoms with Crippen LogP contribution in [0.3, 0.4) is 0 Å². The van der Waals surface area contributed by atoms with Crippen molar-refractivity contribution in [2.24, 2.45) is 50.7 Å². The fraction of sp³-hybridized carbons (Fsp3) is 0.718. The molecule has 0 spiro atoms. The zero-order valence-corrected chi connectivity index (χ0v) is 30.0. The summed E-state index contributed by atoms with van der Waals surface area (Å²) in [6, 6.07) is 6.32. The predicted molar refractivity (Wildman–Crippen MR) is 184 cm³/mol. The lowest BCUT2D eigenvalue weighted by Gasteiger charge is -2.69. The Labute approximate surface area is 294 Å². The van der Waals surface area contributed by atoms with Gasteiger partial charge in [-0.25, -0.2) is 9.48 Å². The Bertz CT molecular complexity index is 1640. The van der Waals surface area contributed by atoms with E-state index in [-0.39, 0.29) is 54.0 Å².